The zero-order valence-electron chi connectivity index (χ0n) is 31.3. The lowest BCUT2D eigenvalue weighted by atomic mass is 9.81. The molecule has 0 saturated carbocycles. The summed E-state index contributed by atoms with van der Waals surface area (Å²) >= 11 is 0. The van der Waals surface area contributed by atoms with E-state index in [4.69, 9.17) is 0 Å². The van der Waals surface area contributed by atoms with E-state index in [0.717, 1.165) is 17.1 Å². The molecule has 0 aliphatic heterocycles. The molecule has 0 aromatic heterocycles. The summed E-state index contributed by atoms with van der Waals surface area (Å²) in [6.45, 7) is 0. The molecule has 11 aromatic rings. The third-order valence-corrected chi connectivity index (χ3v) is 11.6. The summed E-state index contributed by atoms with van der Waals surface area (Å²) in [5, 5.41) is 12.5. The van der Waals surface area contributed by atoms with Gasteiger partial charge in [0.25, 0.3) is 0 Å². The summed E-state index contributed by atoms with van der Waals surface area (Å²) in [6.07, 6.45) is 0. The Kier molecular flexibility index (Phi) is 7.89. The van der Waals surface area contributed by atoms with Crippen LogP contribution in [0.1, 0.15) is 0 Å². The molecule has 266 valence electrons. The number of hydrogen-bond acceptors (Lipinski definition) is 1. The average Bonchev–Trinajstić information content (AvgIpc) is 3.29. The van der Waals surface area contributed by atoms with Gasteiger partial charge in [0.15, 0.2) is 0 Å². The number of benzene rings is 11. The molecule has 1 nitrogen and oxygen atoms in total. The van der Waals surface area contributed by atoms with Crippen molar-refractivity contribution in [3.05, 3.63) is 224 Å². The molecule has 0 spiro atoms. The van der Waals surface area contributed by atoms with Crippen LogP contribution < -0.4 is 4.90 Å². The maximum Gasteiger partial charge on any atom is 0.0540 e. The molecule has 57 heavy (non-hydrogen) atoms. The Morgan fingerprint density at radius 1 is 0.263 bits per heavy atom. The van der Waals surface area contributed by atoms with Crippen molar-refractivity contribution in [2.45, 2.75) is 0 Å². The molecule has 0 heterocycles. The predicted molar refractivity (Wildman–Crippen MR) is 245 cm³/mol. The minimum absolute atomic E-state index is 1.10. The smallest absolute Gasteiger partial charge is 0.0540 e. The van der Waals surface area contributed by atoms with Crippen LogP contribution in [0.15, 0.2) is 224 Å². The molecule has 0 fully saturated rings. The summed E-state index contributed by atoms with van der Waals surface area (Å²) in [7, 11) is 0. The molecule has 0 atom stereocenters. The van der Waals surface area contributed by atoms with Crippen LogP contribution >= 0.6 is 0 Å². The third kappa shape index (κ3) is 5.47. The molecular weight excluding hydrogens is 687 g/mol. The molecule has 0 saturated heterocycles. The van der Waals surface area contributed by atoms with Gasteiger partial charge in [0.1, 0.15) is 0 Å². The van der Waals surface area contributed by atoms with E-state index < -0.39 is 0 Å². The first-order valence-corrected chi connectivity index (χ1v) is 19.7. The first-order chi connectivity index (χ1) is 28.3. The first kappa shape index (κ1) is 32.9. The molecule has 0 amide bonds. The minimum atomic E-state index is 1.10. The second kappa shape index (κ2) is 13.7. The number of fused-ring (bicyclic) bond motifs is 8. The Balaban J connectivity index is 1.23. The van der Waals surface area contributed by atoms with Crippen molar-refractivity contribution >= 4 is 70.9 Å². The van der Waals surface area contributed by atoms with Gasteiger partial charge < -0.3 is 4.90 Å². The summed E-state index contributed by atoms with van der Waals surface area (Å²) < 4.78 is 0. The molecule has 11 aromatic carbocycles. The van der Waals surface area contributed by atoms with E-state index in [9.17, 15) is 0 Å². The van der Waals surface area contributed by atoms with Crippen molar-refractivity contribution in [3.63, 3.8) is 0 Å². The molecule has 11 rings (SSSR count). The lowest BCUT2D eigenvalue weighted by molar-refractivity contribution is 1.31. The van der Waals surface area contributed by atoms with E-state index in [1.165, 1.54) is 87.2 Å². The lowest BCUT2D eigenvalue weighted by Gasteiger charge is -2.28. The van der Waals surface area contributed by atoms with E-state index >= 15 is 0 Å². The number of anilines is 3. The van der Waals surface area contributed by atoms with Gasteiger partial charge in [0, 0.05) is 16.5 Å². The summed E-state index contributed by atoms with van der Waals surface area (Å²) in [5.41, 5.74) is 10.7. The van der Waals surface area contributed by atoms with Crippen molar-refractivity contribution in [2.75, 3.05) is 4.90 Å². The summed E-state index contributed by atoms with van der Waals surface area (Å²) in [5.74, 6) is 0. The van der Waals surface area contributed by atoms with Crippen LogP contribution in [0.2, 0.25) is 0 Å². The maximum absolute atomic E-state index is 2.44. The zero-order chi connectivity index (χ0) is 37.7. The zero-order valence-corrected chi connectivity index (χ0v) is 31.3. The molecule has 0 N–H and O–H groups in total. The highest BCUT2D eigenvalue weighted by Crippen LogP contribution is 2.50. The fourth-order valence-corrected chi connectivity index (χ4v) is 9.09. The topological polar surface area (TPSA) is 3.24 Å². The number of hydrogen-bond donors (Lipinski definition) is 0. The highest BCUT2D eigenvalue weighted by atomic mass is 15.1. The number of rotatable bonds is 6. The molecule has 0 aliphatic rings. The maximum atomic E-state index is 2.44. The predicted octanol–water partition coefficient (Wildman–Crippen LogP) is 15.9. The van der Waals surface area contributed by atoms with Crippen molar-refractivity contribution in [2.24, 2.45) is 0 Å². The van der Waals surface area contributed by atoms with Gasteiger partial charge in [0.05, 0.1) is 11.4 Å². The SMILES string of the molecule is c1ccc(-c2cc(-c3ccccc3)c3c4ccccc4c4ccccc4c3c2-c2ccc(N(c3cccc4ccccc34)c3cccc4ccccc34)cc2)cc1. The average molecular weight is 724 g/mol. The summed E-state index contributed by atoms with van der Waals surface area (Å²) in [6, 6.07) is 82.1. The van der Waals surface area contributed by atoms with E-state index in [0.29, 0.717) is 0 Å². The Morgan fingerprint density at radius 2 is 0.684 bits per heavy atom. The second-order valence-electron chi connectivity index (χ2n) is 14.8. The van der Waals surface area contributed by atoms with Crippen LogP contribution in [0, 0.1) is 0 Å². The molecule has 0 radical (unpaired) electrons. The van der Waals surface area contributed by atoms with Crippen molar-refractivity contribution in [1.29, 1.82) is 0 Å². The van der Waals surface area contributed by atoms with Gasteiger partial charge >= 0.3 is 0 Å². The van der Waals surface area contributed by atoms with Crippen LogP contribution in [0.25, 0.3) is 87.2 Å². The van der Waals surface area contributed by atoms with Gasteiger partial charge in [-0.3, -0.25) is 0 Å². The first-order valence-electron chi connectivity index (χ1n) is 19.7. The lowest BCUT2D eigenvalue weighted by Crippen LogP contribution is -2.11. The molecule has 0 aliphatic carbocycles. The van der Waals surface area contributed by atoms with Crippen molar-refractivity contribution < 1.29 is 0 Å². The Morgan fingerprint density at radius 3 is 1.23 bits per heavy atom. The highest BCUT2D eigenvalue weighted by molar-refractivity contribution is 6.33. The molecule has 0 bridgehead atoms. The quantitative estimate of drug-likeness (QED) is 0.154. The third-order valence-electron chi connectivity index (χ3n) is 11.6. The highest BCUT2D eigenvalue weighted by Gasteiger charge is 2.23. The minimum Gasteiger partial charge on any atom is -0.309 e. The van der Waals surface area contributed by atoms with E-state index in [1.54, 1.807) is 0 Å². The fraction of sp³-hybridized carbons (Fsp3) is 0. The van der Waals surface area contributed by atoms with E-state index in [2.05, 4.69) is 229 Å². The van der Waals surface area contributed by atoms with Crippen molar-refractivity contribution in [3.8, 4) is 33.4 Å². The Bertz CT molecular complexity index is 3180. The van der Waals surface area contributed by atoms with Crippen LogP contribution in [0.5, 0.6) is 0 Å². The van der Waals surface area contributed by atoms with Gasteiger partial charge in [-0.15, -0.1) is 0 Å². The summed E-state index contributed by atoms with van der Waals surface area (Å²) in [4.78, 5) is 2.44. The van der Waals surface area contributed by atoms with Crippen LogP contribution in [0.4, 0.5) is 17.1 Å². The monoisotopic (exact) mass is 723 g/mol. The van der Waals surface area contributed by atoms with Gasteiger partial charge in [0.2, 0.25) is 0 Å². The van der Waals surface area contributed by atoms with E-state index in [1.807, 2.05) is 0 Å². The normalized spacial score (nSPS) is 11.5. The Labute approximate surface area is 332 Å². The number of nitrogens with zero attached hydrogens (tertiary/aromatic N) is 1. The molecule has 1 heteroatoms. The van der Waals surface area contributed by atoms with Crippen LogP contribution in [-0.2, 0) is 0 Å². The standard InChI is InChI=1S/C56H37N/c1-3-17-40(18-4-1)50-37-51(41-19-5-2-6-20-41)55-48-29-13-11-27-46(48)47-28-12-14-30-49(47)56(55)54(50)42-33-35-43(36-34-42)57(52-31-15-23-38-21-7-9-25-44(38)52)53-32-16-24-39-22-8-10-26-45(39)53/h1-37H. The van der Waals surface area contributed by atoms with Gasteiger partial charge in [-0.1, -0.05) is 194 Å². The van der Waals surface area contributed by atoms with Crippen molar-refractivity contribution in [1.82, 2.24) is 0 Å². The van der Waals surface area contributed by atoms with Gasteiger partial charge in [-0.25, -0.2) is 0 Å². The second-order valence-corrected chi connectivity index (χ2v) is 14.8. The molecule has 0 unspecified atom stereocenters. The van der Waals surface area contributed by atoms with Crippen LogP contribution in [-0.4, -0.2) is 0 Å². The van der Waals surface area contributed by atoms with E-state index in [-0.39, 0.29) is 0 Å². The molecular formula is C56H37N. The van der Waals surface area contributed by atoms with Crippen LogP contribution in [0.3, 0.4) is 0 Å². The largest absolute Gasteiger partial charge is 0.309 e. The fourth-order valence-electron chi connectivity index (χ4n) is 9.09. The van der Waals surface area contributed by atoms with Gasteiger partial charge in [-0.05, 0) is 107 Å². The van der Waals surface area contributed by atoms with Gasteiger partial charge in [-0.2, -0.15) is 0 Å². The Hall–Kier alpha value is -7.48.